The molecule has 0 radical (unpaired) electrons. The standard InChI is InChI=1S/C16H20N6/c1-15(6-2-7-15)16(18)11-4-3-10(12-5-8-19-22-12)9-13(11)20-14(17)21-16/h3-5,8-9H,2,6-7,18H2,1H3,(H,19,22)(H3,17,20,21). The molecular weight excluding hydrogens is 276 g/mol. The normalized spacial score (nSPS) is 25.6. The number of benzene rings is 1. The summed E-state index contributed by atoms with van der Waals surface area (Å²) in [5.41, 5.74) is 15.9. The van der Waals surface area contributed by atoms with Gasteiger partial charge in [-0.1, -0.05) is 25.5 Å². The van der Waals surface area contributed by atoms with Gasteiger partial charge in [0.2, 0.25) is 0 Å². The Morgan fingerprint density at radius 2 is 2.05 bits per heavy atom. The third-order valence-electron chi connectivity index (χ3n) is 5.18. The van der Waals surface area contributed by atoms with Crippen LogP contribution in [-0.4, -0.2) is 16.2 Å². The Labute approximate surface area is 129 Å². The molecule has 0 spiro atoms. The number of nitrogens with zero attached hydrogens (tertiary/aromatic N) is 2. The maximum atomic E-state index is 6.74. The number of nitrogens with two attached hydrogens (primary N) is 2. The molecule has 6 N–H and O–H groups in total. The van der Waals surface area contributed by atoms with Crippen LogP contribution in [-0.2, 0) is 5.66 Å². The minimum Gasteiger partial charge on any atom is -0.370 e. The van der Waals surface area contributed by atoms with E-state index in [1.807, 2.05) is 12.1 Å². The van der Waals surface area contributed by atoms with Gasteiger partial charge in [-0.15, -0.1) is 0 Å². The van der Waals surface area contributed by atoms with Gasteiger partial charge >= 0.3 is 0 Å². The molecule has 1 aliphatic carbocycles. The average molecular weight is 296 g/mol. The number of anilines is 1. The number of rotatable bonds is 2. The van der Waals surface area contributed by atoms with Crippen molar-refractivity contribution in [2.75, 3.05) is 5.32 Å². The molecule has 1 saturated carbocycles. The summed E-state index contributed by atoms with van der Waals surface area (Å²) < 4.78 is 0. The first kappa shape index (κ1) is 13.3. The summed E-state index contributed by atoms with van der Waals surface area (Å²) in [5.74, 6) is 0.380. The summed E-state index contributed by atoms with van der Waals surface area (Å²) in [6, 6.07) is 8.09. The highest BCUT2D eigenvalue weighted by atomic mass is 15.2. The van der Waals surface area contributed by atoms with Crippen LogP contribution in [0, 0.1) is 5.41 Å². The Morgan fingerprint density at radius 3 is 2.68 bits per heavy atom. The smallest absolute Gasteiger partial charge is 0.195 e. The molecule has 1 unspecified atom stereocenters. The molecule has 4 rings (SSSR count). The fourth-order valence-electron chi connectivity index (χ4n) is 3.53. The quantitative estimate of drug-likeness (QED) is 0.681. The molecule has 0 amide bonds. The second-order valence-corrected chi connectivity index (χ2v) is 6.53. The molecular formula is C16H20N6. The van der Waals surface area contributed by atoms with Crippen LogP contribution in [0.1, 0.15) is 31.7 Å². The van der Waals surface area contributed by atoms with Crippen LogP contribution < -0.4 is 16.8 Å². The maximum Gasteiger partial charge on any atom is 0.195 e. The highest BCUT2D eigenvalue weighted by Crippen LogP contribution is 2.55. The Hall–Kier alpha value is -2.34. The molecule has 2 aliphatic rings. The number of guanidine groups is 1. The maximum absolute atomic E-state index is 6.74. The average Bonchev–Trinajstić information content (AvgIpc) is 2.98. The molecule has 2 heterocycles. The van der Waals surface area contributed by atoms with Gasteiger partial charge in [0.05, 0.1) is 5.69 Å². The van der Waals surface area contributed by atoms with Gasteiger partial charge in [-0.05, 0) is 25.0 Å². The number of hydrogen-bond donors (Lipinski definition) is 4. The van der Waals surface area contributed by atoms with Gasteiger partial charge in [0, 0.05) is 28.4 Å². The van der Waals surface area contributed by atoms with Crippen LogP contribution in [0.2, 0.25) is 0 Å². The first-order valence-corrected chi connectivity index (χ1v) is 7.57. The van der Waals surface area contributed by atoms with Gasteiger partial charge in [0.1, 0.15) is 5.66 Å². The van der Waals surface area contributed by atoms with Crippen molar-refractivity contribution >= 4 is 11.6 Å². The van der Waals surface area contributed by atoms with E-state index in [4.69, 9.17) is 11.5 Å². The van der Waals surface area contributed by atoms with E-state index in [9.17, 15) is 0 Å². The summed E-state index contributed by atoms with van der Waals surface area (Å²) in [4.78, 5) is 4.58. The van der Waals surface area contributed by atoms with Crippen molar-refractivity contribution in [2.45, 2.75) is 31.8 Å². The molecule has 1 atom stereocenters. The summed E-state index contributed by atoms with van der Waals surface area (Å²) in [5, 5.41) is 10.1. The van der Waals surface area contributed by atoms with Crippen LogP contribution in [0.3, 0.4) is 0 Å². The summed E-state index contributed by atoms with van der Waals surface area (Å²) in [6.07, 6.45) is 5.07. The van der Waals surface area contributed by atoms with Crippen molar-refractivity contribution in [1.29, 1.82) is 0 Å². The van der Waals surface area contributed by atoms with Gasteiger partial charge in [-0.3, -0.25) is 5.10 Å². The lowest BCUT2D eigenvalue weighted by Crippen LogP contribution is -2.56. The zero-order valence-corrected chi connectivity index (χ0v) is 12.6. The second kappa shape index (κ2) is 4.33. The topological polar surface area (TPSA) is 105 Å². The van der Waals surface area contributed by atoms with Gasteiger partial charge in [0.25, 0.3) is 0 Å². The number of fused-ring (bicyclic) bond motifs is 1. The summed E-state index contributed by atoms with van der Waals surface area (Å²) in [7, 11) is 0. The van der Waals surface area contributed by atoms with Crippen LogP contribution in [0.15, 0.2) is 35.5 Å². The number of nitrogens with one attached hydrogen (secondary N) is 2. The first-order chi connectivity index (χ1) is 10.5. The molecule has 114 valence electrons. The lowest BCUT2D eigenvalue weighted by atomic mass is 9.60. The summed E-state index contributed by atoms with van der Waals surface area (Å²) >= 11 is 0. The van der Waals surface area contributed by atoms with Crippen LogP contribution in [0.5, 0.6) is 0 Å². The molecule has 22 heavy (non-hydrogen) atoms. The molecule has 2 aromatic rings. The second-order valence-electron chi connectivity index (χ2n) is 6.53. The van der Waals surface area contributed by atoms with E-state index < -0.39 is 5.66 Å². The van der Waals surface area contributed by atoms with Crippen molar-refractivity contribution in [2.24, 2.45) is 21.9 Å². The Kier molecular flexibility index (Phi) is 2.62. The molecule has 0 saturated heterocycles. The predicted molar refractivity (Wildman–Crippen MR) is 87.1 cm³/mol. The molecule has 1 aliphatic heterocycles. The SMILES string of the molecule is CC1(C2(N)N=C(N)Nc3cc(-c4ccn[nH]4)ccc32)CCC1. The lowest BCUT2D eigenvalue weighted by molar-refractivity contribution is 0.0463. The van der Waals surface area contributed by atoms with Crippen molar-refractivity contribution in [1.82, 2.24) is 10.2 Å². The van der Waals surface area contributed by atoms with Crippen LogP contribution in [0.25, 0.3) is 11.3 Å². The van der Waals surface area contributed by atoms with E-state index in [1.165, 1.54) is 6.42 Å². The zero-order chi connectivity index (χ0) is 15.4. The van der Waals surface area contributed by atoms with Gasteiger partial charge < -0.3 is 16.8 Å². The van der Waals surface area contributed by atoms with E-state index in [0.717, 1.165) is 35.3 Å². The Balaban J connectivity index is 1.84. The van der Waals surface area contributed by atoms with E-state index in [-0.39, 0.29) is 5.41 Å². The Bertz CT molecular complexity index is 744. The number of aliphatic imine (C=N–C) groups is 1. The van der Waals surface area contributed by atoms with Crippen molar-refractivity contribution in [3.8, 4) is 11.3 Å². The third kappa shape index (κ3) is 1.70. The van der Waals surface area contributed by atoms with E-state index in [2.05, 4.69) is 39.6 Å². The number of aromatic nitrogens is 2. The number of H-pyrrole nitrogens is 1. The monoisotopic (exact) mass is 296 g/mol. The van der Waals surface area contributed by atoms with Crippen molar-refractivity contribution < 1.29 is 0 Å². The molecule has 6 nitrogen and oxygen atoms in total. The van der Waals surface area contributed by atoms with Gasteiger partial charge in [-0.25, -0.2) is 4.99 Å². The van der Waals surface area contributed by atoms with Gasteiger partial charge in [0.15, 0.2) is 5.96 Å². The lowest BCUT2D eigenvalue weighted by Gasteiger charge is -2.51. The molecule has 0 bridgehead atoms. The molecule has 6 heteroatoms. The van der Waals surface area contributed by atoms with E-state index >= 15 is 0 Å². The number of aromatic amines is 1. The minimum absolute atomic E-state index is 0.0377. The van der Waals surface area contributed by atoms with E-state index in [1.54, 1.807) is 6.20 Å². The highest BCUT2D eigenvalue weighted by molar-refractivity contribution is 5.96. The zero-order valence-electron chi connectivity index (χ0n) is 12.6. The van der Waals surface area contributed by atoms with Gasteiger partial charge in [-0.2, -0.15) is 5.10 Å². The molecule has 1 fully saturated rings. The van der Waals surface area contributed by atoms with Crippen molar-refractivity contribution in [3.05, 3.63) is 36.0 Å². The summed E-state index contributed by atoms with van der Waals surface area (Å²) in [6.45, 7) is 2.20. The van der Waals surface area contributed by atoms with Crippen molar-refractivity contribution in [3.63, 3.8) is 0 Å². The highest BCUT2D eigenvalue weighted by Gasteiger charge is 2.52. The molecule has 1 aromatic carbocycles. The van der Waals surface area contributed by atoms with Crippen LogP contribution >= 0.6 is 0 Å². The minimum atomic E-state index is -0.761. The fourth-order valence-corrected chi connectivity index (χ4v) is 3.53. The third-order valence-corrected chi connectivity index (χ3v) is 5.18. The molecule has 1 aromatic heterocycles. The fraction of sp³-hybridized carbons (Fsp3) is 0.375. The van der Waals surface area contributed by atoms with Crippen LogP contribution in [0.4, 0.5) is 5.69 Å². The largest absolute Gasteiger partial charge is 0.370 e. The van der Waals surface area contributed by atoms with E-state index in [0.29, 0.717) is 5.96 Å². The number of hydrogen-bond acceptors (Lipinski definition) is 5. The first-order valence-electron chi connectivity index (χ1n) is 7.57. The Morgan fingerprint density at radius 1 is 1.23 bits per heavy atom. The predicted octanol–water partition coefficient (Wildman–Crippen LogP) is 2.12.